The van der Waals surface area contributed by atoms with E-state index >= 15 is 0 Å². The second kappa shape index (κ2) is 9.76. The molecule has 1 aromatic carbocycles. The molecule has 0 bridgehead atoms. The molecule has 0 atom stereocenters. The Hall–Kier alpha value is -3.17. The Balaban J connectivity index is 1.78. The summed E-state index contributed by atoms with van der Waals surface area (Å²) in [5.41, 5.74) is 1.26. The lowest BCUT2D eigenvalue weighted by atomic mass is 10.0. The van der Waals surface area contributed by atoms with Gasteiger partial charge >= 0.3 is 5.69 Å². The van der Waals surface area contributed by atoms with Crippen molar-refractivity contribution in [2.45, 2.75) is 12.8 Å². The third-order valence-electron chi connectivity index (χ3n) is 6.35. The number of anilines is 1. The van der Waals surface area contributed by atoms with Gasteiger partial charge in [-0.2, -0.15) is 0 Å². The summed E-state index contributed by atoms with van der Waals surface area (Å²) in [4.78, 5) is 41.6. The number of nitrogens with one attached hydrogen (secondary N) is 1. The number of fused-ring (bicyclic) bond motifs is 1. The molecule has 0 unspecified atom stereocenters. The number of pyridine rings is 1. The summed E-state index contributed by atoms with van der Waals surface area (Å²) in [6.45, 7) is 4.83. The Morgan fingerprint density at radius 1 is 0.909 bits per heavy atom. The maximum Gasteiger partial charge on any atom is 0.332 e. The van der Waals surface area contributed by atoms with E-state index in [2.05, 4.69) is 10.2 Å². The lowest BCUT2D eigenvalue weighted by Crippen LogP contribution is -2.40. The molecule has 0 amide bonds. The fraction of sp³-hybridized carbons (Fsp3) is 0.458. The van der Waals surface area contributed by atoms with E-state index in [9.17, 15) is 14.4 Å². The summed E-state index contributed by atoms with van der Waals surface area (Å²) in [5.74, 6) is 0. The molecule has 9 heteroatoms. The van der Waals surface area contributed by atoms with E-state index in [1.165, 1.54) is 16.2 Å². The topological polar surface area (TPSA) is 90.5 Å². The molecule has 1 aliphatic rings. The molecule has 0 spiro atoms. The fourth-order valence-corrected chi connectivity index (χ4v) is 4.50. The molecule has 3 heterocycles. The minimum atomic E-state index is -0.462. The Bertz CT molecular complexity index is 1320. The van der Waals surface area contributed by atoms with E-state index in [1.807, 2.05) is 30.3 Å². The van der Waals surface area contributed by atoms with E-state index in [-0.39, 0.29) is 5.56 Å². The van der Waals surface area contributed by atoms with Crippen molar-refractivity contribution in [1.82, 2.24) is 18.6 Å². The average molecular weight is 454 g/mol. The maximum atomic E-state index is 13.4. The zero-order valence-electron chi connectivity index (χ0n) is 19.5. The van der Waals surface area contributed by atoms with Crippen molar-refractivity contribution in [2.75, 3.05) is 44.7 Å². The summed E-state index contributed by atoms with van der Waals surface area (Å²) in [7, 11) is 4.66. The molecule has 1 fully saturated rings. The summed E-state index contributed by atoms with van der Waals surface area (Å²) in [6, 6.07) is 9.71. The largest absolute Gasteiger partial charge is 0.384 e. The van der Waals surface area contributed by atoms with Gasteiger partial charge in [0.05, 0.1) is 18.9 Å². The van der Waals surface area contributed by atoms with Crippen molar-refractivity contribution < 1.29 is 4.74 Å². The molecule has 0 aliphatic carbocycles. The first kappa shape index (κ1) is 23.0. The van der Waals surface area contributed by atoms with Crippen molar-refractivity contribution in [2.24, 2.45) is 21.1 Å². The summed E-state index contributed by atoms with van der Waals surface area (Å²) < 4.78 is 9.28. The number of benzene rings is 1. The Kier molecular flexibility index (Phi) is 6.80. The van der Waals surface area contributed by atoms with Crippen LogP contribution in [0.3, 0.4) is 0 Å². The second-order valence-corrected chi connectivity index (χ2v) is 8.52. The predicted molar refractivity (Wildman–Crippen MR) is 129 cm³/mol. The average Bonchev–Trinajstić information content (AvgIpc) is 2.84. The SMILES string of the molecule is Cn1c(=O)c2c(NCCCN3CCOCC3)c(Cc3ccccc3)c(=O)n(C)c2n(C)c1=O. The van der Waals surface area contributed by atoms with Gasteiger partial charge in [0.1, 0.15) is 11.0 Å². The molecule has 1 aliphatic heterocycles. The smallest absolute Gasteiger partial charge is 0.332 e. The van der Waals surface area contributed by atoms with Crippen LogP contribution in [0, 0.1) is 0 Å². The highest BCUT2D eigenvalue weighted by Gasteiger charge is 2.22. The monoisotopic (exact) mass is 453 g/mol. The minimum Gasteiger partial charge on any atom is -0.384 e. The molecule has 0 saturated carbocycles. The molecule has 33 heavy (non-hydrogen) atoms. The second-order valence-electron chi connectivity index (χ2n) is 8.52. The van der Waals surface area contributed by atoms with E-state index in [4.69, 9.17) is 4.74 Å². The molecular weight excluding hydrogens is 422 g/mol. The molecule has 1 saturated heterocycles. The quantitative estimate of drug-likeness (QED) is 0.529. The van der Waals surface area contributed by atoms with Gasteiger partial charge in [-0.25, -0.2) is 4.79 Å². The van der Waals surface area contributed by atoms with Crippen molar-refractivity contribution in [1.29, 1.82) is 0 Å². The third kappa shape index (κ3) is 4.51. The minimum absolute atomic E-state index is 0.217. The van der Waals surface area contributed by atoms with Crippen molar-refractivity contribution in [3.05, 3.63) is 72.7 Å². The first-order valence-corrected chi connectivity index (χ1v) is 11.3. The number of hydrogen-bond acceptors (Lipinski definition) is 6. The number of nitrogens with zero attached hydrogens (tertiary/aromatic N) is 4. The van der Waals surface area contributed by atoms with Crippen molar-refractivity contribution in [3.8, 4) is 0 Å². The van der Waals surface area contributed by atoms with E-state index < -0.39 is 11.2 Å². The van der Waals surface area contributed by atoms with Crippen LogP contribution in [0.5, 0.6) is 0 Å². The van der Waals surface area contributed by atoms with E-state index in [1.54, 1.807) is 14.1 Å². The number of hydrogen-bond donors (Lipinski definition) is 1. The van der Waals surface area contributed by atoms with Gasteiger partial charge in [0.25, 0.3) is 11.1 Å². The Morgan fingerprint density at radius 3 is 2.30 bits per heavy atom. The highest BCUT2D eigenvalue weighted by atomic mass is 16.5. The summed E-state index contributed by atoms with van der Waals surface area (Å²) in [6.07, 6.45) is 1.24. The Morgan fingerprint density at radius 2 is 1.61 bits per heavy atom. The van der Waals surface area contributed by atoms with Crippen LogP contribution in [0.1, 0.15) is 17.5 Å². The first-order valence-electron chi connectivity index (χ1n) is 11.3. The lowest BCUT2D eigenvalue weighted by molar-refractivity contribution is 0.0378. The standard InChI is InChI=1S/C24H31N5O4/c1-26-21-19(23(31)28(3)24(32)27(21)2)20(25-10-7-11-29-12-14-33-15-13-29)18(22(26)30)16-17-8-5-4-6-9-17/h4-6,8-9,25H,7,10-16H2,1-3H3. The zero-order chi connectivity index (χ0) is 23.5. The highest BCUT2D eigenvalue weighted by Crippen LogP contribution is 2.23. The van der Waals surface area contributed by atoms with Crippen LogP contribution >= 0.6 is 0 Å². The summed E-state index contributed by atoms with van der Waals surface area (Å²) >= 11 is 0. The molecule has 0 radical (unpaired) electrons. The van der Waals surface area contributed by atoms with Crippen LogP contribution in [-0.4, -0.2) is 58.0 Å². The molecule has 3 aromatic rings. The van der Waals surface area contributed by atoms with Gasteiger partial charge in [0.2, 0.25) is 0 Å². The van der Waals surface area contributed by atoms with Crippen LogP contribution in [0.15, 0.2) is 44.7 Å². The molecule has 4 rings (SSSR count). The normalized spacial score (nSPS) is 14.6. The Labute approximate surface area is 191 Å². The number of aromatic nitrogens is 3. The van der Waals surface area contributed by atoms with Gasteiger partial charge < -0.3 is 10.1 Å². The summed E-state index contributed by atoms with van der Waals surface area (Å²) in [5, 5.41) is 3.76. The van der Waals surface area contributed by atoms with Crippen molar-refractivity contribution in [3.63, 3.8) is 0 Å². The first-order chi connectivity index (χ1) is 15.9. The lowest BCUT2D eigenvalue weighted by Gasteiger charge is -2.26. The zero-order valence-corrected chi connectivity index (χ0v) is 19.5. The van der Waals surface area contributed by atoms with Crippen molar-refractivity contribution >= 4 is 16.7 Å². The van der Waals surface area contributed by atoms with Crippen LogP contribution in [0.2, 0.25) is 0 Å². The van der Waals surface area contributed by atoms with Gasteiger partial charge in [0, 0.05) is 52.8 Å². The van der Waals surface area contributed by atoms with Gasteiger partial charge in [-0.15, -0.1) is 0 Å². The number of rotatable bonds is 7. The molecule has 2 aromatic heterocycles. The number of ether oxygens (including phenoxy) is 1. The van der Waals surface area contributed by atoms with Crippen LogP contribution in [-0.2, 0) is 32.3 Å². The predicted octanol–water partition coefficient (Wildman–Crippen LogP) is 0.661. The van der Waals surface area contributed by atoms with Crippen LogP contribution in [0.4, 0.5) is 5.69 Å². The molecular formula is C24H31N5O4. The highest BCUT2D eigenvalue weighted by molar-refractivity contribution is 5.90. The van der Waals surface area contributed by atoms with Crippen LogP contribution in [0.25, 0.3) is 11.0 Å². The van der Waals surface area contributed by atoms with Gasteiger partial charge in [0.15, 0.2) is 0 Å². The number of morpholine rings is 1. The van der Waals surface area contributed by atoms with E-state index in [0.29, 0.717) is 35.2 Å². The van der Waals surface area contributed by atoms with Crippen LogP contribution < -0.4 is 22.1 Å². The maximum absolute atomic E-state index is 13.4. The third-order valence-corrected chi connectivity index (χ3v) is 6.35. The number of aryl methyl sites for hydroxylation is 2. The fourth-order valence-electron chi connectivity index (χ4n) is 4.50. The van der Waals surface area contributed by atoms with Gasteiger partial charge in [-0.1, -0.05) is 30.3 Å². The molecule has 176 valence electrons. The van der Waals surface area contributed by atoms with Gasteiger partial charge in [-0.05, 0) is 18.5 Å². The molecule has 9 nitrogen and oxygen atoms in total. The van der Waals surface area contributed by atoms with E-state index in [0.717, 1.165) is 49.4 Å². The van der Waals surface area contributed by atoms with Gasteiger partial charge in [-0.3, -0.25) is 28.2 Å². The molecule has 1 N–H and O–H groups in total.